The van der Waals surface area contributed by atoms with Crippen LogP contribution in [0.3, 0.4) is 0 Å². The molecule has 0 N–H and O–H groups in total. The SMILES string of the molecule is COC(=O)C(c1cc(F)c(Cl)cc1F)C1CC1. The van der Waals surface area contributed by atoms with E-state index in [0.717, 1.165) is 25.0 Å². The highest BCUT2D eigenvalue weighted by atomic mass is 35.5. The lowest BCUT2D eigenvalue weighted by molar-refractivity contribution is -0.143. The van der Waals surface area contributed by atoms with Crippen LogP contribution in [0.2, 0.25) is 5.02 Å². The van der Waals surface area contributed by atoms with Crippen LogP contribution in [0.25, 0.3) is 0 Å². The van der Waals surface area contributed by atoms with Crippen LogP contribution in [0.5, 0.6) is 0 Å². The highest BCUT2D eigenvalue weighted by Crippen LogP contribution is 2.44. The first kappa shape index (κ1) is 12.3. The van der Waals surface area contributed by atoms with Crippen molar-refractivity contribution in [1.82, 2.24) is 0 Å². The van der Waals surface area contributed by atoms with Gasteiger partial charge in [0.05, 0.1) is 18.1 Å². The zero-order valence-corrected chi connectivity index (χ0v) is 9.93. The highest BCUT2D eigenvalue weighted by Gasteiger charge is 2.39. The molecule has 1 unspecified atom stereocenters. The standard InChI is InChI=1S/C12H11ClF2O2/c1-17-12(16)11(6-2-3-6)7-4-10(15)8(13)5-9(7)14/h4-6,11H,2-3H2,1H3. The van der Waals surface area contributed by atoms with Crippen LogP contribution >= 0.6 is 11.6 Å². The minimum absolute atomic E-state index is 0.0289. The van der Waals surface area contributed by atoms with E-state index in [1.54, 1.807) is 0 Å². The van der Waals surface area contributed by atoms with Crippen LogP contribution in [-0.4, -0.2) is 13.1 Å². The molecule has 0 heterocycles. The summed E-state index contributed by atoms with van der Waals surface area (Å²) in [7, 11) is 1.24. The van der Waals surface area contributed by atoms with Crippen molar-refractivity contribution in [3.63, 3.8) is 0 Å². The summed E-state index contributed by atoms with van der Waals surface area (Å²) < 4.78 is 31.7. The lowest BCUT2D eigenvalue weighted by Gasteiger charge is -2.15. The van der Waals surface area contributed by atoms with E-state index in [-0.39, 0.29) is 16.5 Å². The van der Waals surface area contributed by atoms with Crippen LogP contribution in [0.1, 0.15) is 24.3 Å². The van der Waals surface area contributed by atoms with Crippen molar-refractivity contribution < 1.29 is 18.3 Å². The van der Waals surface area contributed by atoms with E-state index in [4.69, 9.17) is 11.6 Å². The molecule has 1 aromatic carbocycles. The van der Waals surface area contributed by atoms with E-state index >= 15 is 0 Å². The molecule has 2 rings (SSSR count). The normalized spacial score (nSPS) is 16.7. The van der Waals surface area contributed by atoms with E-state index in [2.05, 4.69) is 4.74 Å². The molecule has 17 heavy (non-hydrogen) atoms. The molecule has 0 saturated heterocycles. The lowest BCUT2D eigenvalue weighted by atomic mass is 9.93. The van der Waals surface area contributed by atoms with Crippen LogP contribution in [0, 0.1) is 17.6 Å². The molecule has 0 aliphatic heterocycles. The first-order chi connectivity index (χ1) is 8.04. The van der Waals surface area contributed by atoms with Gasteiger partial charge in [-0.3, -0.25) is 4.79 Å². The van der Waals surface area contributed by atoms with Crippen molar-refractivity contribution in [2.24, 2.45) is 5.92 Å². The number of halogens is 3. The van der Waals surface area contributed by atoms with Gasteiger partial charge >= 0.3 is 5.97 Å². The number of hydrogen-bond acceptors (Lipinski definition) is 2. The van der Waals surface area contributed by atoms with Crippen molar-refractivity contribution in [2.75, 3.05) is 7.11 Å². The Hall–Kier alpha value is -1.16. The zero-order chi connectivity index (χ0) is 12.6. The van der Waals surface area contributed by atoms with E-state index in [0.29, 0.717) is 0 Å². The molecule has 0 spiro atoms. The number of rotatable bonds is 3. The second-order valence-corrected chi connectivity index (χ2v) is 4.53. The Morgan fingerprint density at radius 3 is 2.59 bits per heavy atom. The summed E-state index contributed by atoms with van der Waals surface area (Å²) in [6.45, 7) is 0. The maximum Gasteiger partial charge on any atom is 0.313 e. The fraction of sp³-hybridized carbons (Fsp3) is 0.417. The van der Waals surface area contributed by atoms with E-state index < -0.39 is 23.5 Å². The number of carbonyl (C=O) groups excluding carboxylic acids is 1. The molecule has 1 aliphatic carbocycles. The summed E-state index contributed by atoms with van der Waals surface area (Å²) in [5.41, 5.74) is 0.0289. The molecule has 1 aliphatic rings. The number of hydrogen-bond donors (Lipinski definition) is 0. The first-order valence-corrected chi connectivity index (χ1v) is 5.64. The van der Waals surface area contributed by atoms with Gasteiger partial charge in [0.15, 0.2) is 0 Å². The molecule has 0 bridgehead atoms. The lowest BCUT2D eigenvalue weighted by Crippen LogP contribution is -2.18. The monoisotopic (exact) mass is 260 g/mol. The summed E-state index contributed by atoms with van der Waals surface area (Å²) in [6, 6.07) is 1.88. The van der Waals surface area contributed by atoms with Gasteiger partial charge in [0.25, 0.3) is 0 Å². The number of carbonyl (C=O) groups is 1. The molecule has 1 aromatic rings. The molecule has 2 nitrogen and oxygen atoms in total. The van der Waals surface area contributed by atoms with Crippen molar-refractivity contribution in [3.05, 3.63) is 34.4 Å². The molecule has 0 aromatic heterocycles. The predicted molar refractivity (Wildman–Crippen MR) is 58.8 cm³/mol. The smallest absolute Gasteiger partial charge is 0.313 e. The van der Waals surface area contributed by atoms with Gasteiger partial charge in [-0.1, -0.05) is 11.6 Å². The summed E-state index contributed by atoms with van der Waals surface area (Å²) in [6.07, 6.45) is 1.65. The Kier molecular flexibility index (Phi) is 3.33. The average molecular weight is 261 g/mol. The van der Waals surface area contributed by atoms with E-state index in [1.807, 2.05) is 0 Å². The van der Waals surface area contributed by atoms with Gasteiger partial charge in [-0.05, 0) is 30.9 Å². The molecule has 1 atom stereocenters. The Balaban J connectivity index is 2.42. The molecule has 1 fully saturated rings. The van der Waals surface area contributed by atoms with Crippen molar-refractivity contribution in [2.45, 2.75) is 18.8 Å². The van der Waals surface area contributed by atoms with Gasteiger partial charge in [0.2, 0.25) is 0 Å². The number of ether oxygens (including phenoxy) is 1. The molecular formula is C12H11ClF2O2. The van der Waals surface area contributed by atoms with Gasteiger partial charge < -0.3 is 4.74 Å². The Bertz CT molecular complexity index is 458. The first-order valence-electron chi connectivity index (χ1n) is 5.27. The summed E-state index contributed by atoms with van der Waals surface area (Å²) in [4.78, 5) is 11.6. The fourth-order valence-corrected chi connectivity index (χ4v) is 2.06. The molecular weight excluding hydrogens is 250 g/mol. The second-order valence-electron chi connectivity index (χ2n) is 4.13. The van der Waals surface area contributed by atoms with Gasteiger partial charge in [-0.15, -0.1) is 0 Å². The molecule has 0 radical (unpaired) electrons. The summed E-state index contributed by atoms with van der Waals surface area (Å²) >= 11 is 5.47. The third-order valence-electron chi connectivity index (χ3n) is 2.92. The van der Waals surface area contributed by atoms with Crippen LogP contribution < -0.4 is 0 Å². The Morgan fingerprint density at radius 1 is 1.41 bits per heavy atom. The minimum atomic E-state index is -0.730. The van der Waals surface area contributed by atoms with Crippen LogP contribution in [-0.2, 0) is 9.53 Å². The van der Waals surface area contributed by atoms with Gasteiger partial charge in [-0.25, -0.2) is 8.78 Å². The second kappa shape index (κ2) is 4.61. The van der Waals surface area contributed by atoms with Crippen LogP contribution in [0.4, 0.5) is 8.78 Å². The van der Waals surface area contributed by atoms with E-state index in [1.165, 1.54) is 7.11 Å². The highest BCUT2D eigenvalue weighted by molar-refractivity contribution is 6.30. The average Bonchev–Trinajstić information content (AvgIpc) is 3.09. The molecule has 1 saturated carbocycles. The van der Waals surface area contributed by atoms with Gasteiger partial charge in [0.1, 0.15) is 11.6 Å². The summed E-state index contributed by atoms with van der Waals surface area (Å²) in [5, 5.41) is -0.286. The predicted octanol–water partition coefficient (Wildman–Crippen LogP) is 3.28. The minimum Gasteiger partial charge on any atom is -0.469 e. The number of methoxy groups -OCH3 is 1. The molecule has 5 heteroatoms. The number of esters is 1. The van der Waals surface area contributed by atoms with E-state index in [9.17, 15) is 13.6 Å². The molecule has 92 valence electrons. The van der Waals surface area contributed by atoms with Crippen LogP contribution in [0.15, 0.2) is 12.1 Å². The quantitative estimate of drug-likeness (QED) is 0.616. The fourth-order valence-electron chi connectivity index (χ4n) is 1.91. The van der Waals surface area contributed by atoms with Gasteiger partial charge in [-0.2, -0.15) is 0 Å². The maximum atomic E-state index is 13.7. The van der Waals surface area contributed by atoms with Crippen molar-refractivity contribution in [3.8, 4) is 0 Å². The van der Waals surface area contributed by atoms with Crippen molar-refractivity contribution in [1.29, 1.82) is 0 Å². The summed E-state index contributed by atoms with van der Waals surface area (Å²) in [5.74, 6) is -2.62. The topological polar surface area (TPSA) is 26.3 Å². The zero-order valence-electron chi connectivity index (χ0n) is 9.17. The Labute approximate surface area is 103 Å². The van der Waals surface area contributed by atoms with Gasteiger partial charge in [0, 0.05) is 5.56 Å². The Morgan fingerprint density at radius 2 is 2.06 bits per heavy atom. The van der Waals surface area contributed by atoms with Crippen molar-refractivity contribution >= 4 is 17.6 Å². The maximum absolute atomic E-state index is 13.7. The third-order valence-corrected chi connectivity index (χ3v) is 3.21. The largest absolute Gasteiger partial charge is 0.469 e. The molecule has 0 amide bonds. The number of benzene rings is 1. The third kappa shape index (κ3) is 2.41.